The van der Waals surface area contributed by atoms with E-state index in [9.17, 15) is 0 Å². The van der Waals surface area contributed by atoms with Crippen LogP contribution in [0.15, 0.2) is 13.2 Å². The second-order valence-electron chi connectivity index (χ2n) is 2.78. The molecule has 0 rings (SSSR count). The molecule has 0 aliphatic heterocycles. The van der Waals surface area contributed by atoms with Crippen LogP contribution in [0.4, 0.5) is 0 Å². The van der Waals surface area contributed by atoms with E-state index in [2.05, 4.69) is 39.2 Å². The summed E-state index contributed by atoms with van der Waals surface area (Å²) in [6, 6.07) is 0. The highest BCUT2D eigenvalue weighted by Crippen LogP contribution is 2.06. The van der Waals surface area contributed by atoms with Crippen molar-refractivity contribution in [2.45, 2.75) is 20.8 Å². The zero-order valence-electron chi connectivity index (χ0n) is 7.78. The molecule has 1 heteroatoms. The van der Waals surface area contributed by atoms with Crippen LogP contribution in [0.3, 0.4) is 0 Å². The van der Waals surface area contributed by atoms with E-state index in [4.69, 9.17) is 0 Å². The van der Waals surface area contributed by atoms with Gasteiger partial charge in [-0.2, -0.15) is 0 Å². The molecule has 1 nitrogen and oxygen atoms in total. The van der Waals surface area contributed by atoms with Crippen LogP contribution >= 0.6 is 0 Å². The van der Waals surface area contributed by atoms with Crippen LogP contribution in [0.1, 0.15) is 20.8 Å². The van der Waals surface area contributed by atoms with Crippen LogP contribution in [0.25, 0.3) is 0 Å². The summed E-state index contributed by atoms with van der Waals surface area (Å²) in [5.74, 6) is 1.61. The van der Waals surface area contributed by atoms with Crippen LogP contribution in [0.5, 0.6) is 0 Å². The summed E-state index contributed by atoms with van der Waals surface area (Å²) >= 11 is 0. The standard InChI is InChI=1S/C7H17N.C2H4/c1-6(2)7(3)5-8-4;1-2/h6-8H,5H2,1-4H3;1-2H2. The highest BCUT2D eigenvalue weighted by Gasteiger charge is 2.03. The fraction of sp³-hybridized carbons (Fsp3) is 0.778. The largest absolute Gasteiger partial charge is 0.319 e. The van der Waals surface area contributed by atoms with Crippen LogP contribution < -0.4 is 5.32 Å². The summed E-state index contributed by atoms with van der Waals surface area (Å²) in [5, 5.41) is 3.15. The van der Waals surface area contributed by atoms with E-state index < -0.39 is 0 Å². The quantitative estimate of drug-likeness (QED) is 0.598. The molecular weight excluding hydrogens is 122 g/mol. The molecule has 0 saturated heterocycles. The third-order valence-corrected chi connectivity index (χ3v) is 1.66. The van der Waals surface area contributed by atoms with Gasteiger partial charge in [-0.25, -0.2) is 0 Å². The topological polar surface area (TPSA) is 12.0 Å². The third-order valence-electron chi connectivity index (χ3n) is 1.66. The van der Waals surface area contributed by atoms with E-state index in [0.717, 1.165) is 18.4 Å². The lowest BCUT2D eigenvalue weighted by molar-refractivity contribution is 0.405. The van der Waals surface area contributed by atoms with Gasteiger partial charge in [0.2, 0.25) is 0 Å². The van der Waals surface area contributed by atoms with Crippen molar-refractivity contribution in [2.24, 2.45) is 11.8 Å². The Morgan fingerprint density at radius 3 is 1.70 bits per heavy atom. The maximum atomic E-state index is 3.15. The molecule has 10 heavy (non-hydrogen) atoms. The van der Waals surface area contributed by atoms with Crippen molar-refractivity contribution < 1.29 is 0 Å². The highest BCUT2D eigenvalue weighted by atomic mass is 14.8. The minimum atomic E-state index is 0.806. The average Bonchev–Trinajstić information content (AvgIpc) is 1.93. The molecule has 0 radical (unpaired) electrons. The molecule has 0 heterocycles. The third kappa shape index (κ3) is 7.70. The Morgan fingerprint density at radius 1 is 1.20 bits per heavy atom. The molecule has 0 aliphatic rings. The normalized spacial score (nSPS) is 12.1. The van der Waals surface area contributed by atoms with Gasteiger partial charge in [-0.05, 0) is 25.4 Å². The number of hydrogen-bond acceptors (Lipinski definition) is 1. The van der Waals surface area contributed by atoms with Crippen molar-refractivity contribution in [3.8, 4) is 0 Å². The van der Waals surface area contributed by atoms with Crippen LogP contribution in [0, 0.1) is 11.8 Å². The zero-order chi connectivity index (χ0) is 8.57. The Morgan fingerprint density at radius 2 is 1.60 bits per heavy atom. The monoisotopic (exact) mass is 143 g/mol. The summed E-state index contributed by atoms with van der Waals surface area (Å²) in [4.78, 5) is 0. The first-order chi connectivity index (χ1) is 4.68. The van der Waals surface area contributed by atoms with E-state index >= 15 is 0 Å². The molecule has 62 valence electrons. The molecule has 0 amide bonds. The zero-order valence-corrected chi connectivity index (χ0v) is 7.78. The highest BCUT2D eigenvalue weighted by molar-refractivity contribution is 4.57. The molecule has 0 saturated carbocycles. The van der Waals surface area contributed by atoms with E-state index in [1.807, 2.05) is 7.05 Å². The van der Waals surface area contributed by atoms with Gasteiger partial charge < -0.3 is 5.32 Å². The maximum absolute atomic E-state index is 3.15. The second-order valence-corrected chi connectivity index (χ2v) is 2.78. The first kappa shape index (κ1) is 12.4. The van der Waals surface area contributed by atoms with Gasteiger partial charge in [-0.1, -0.05) is 20.8 Å². The van der Waals surface area contributed by atoms with Gasteiger partial charge in [-0.15, -0.1) is 13.2 Å². The van der Waals surface area contributed by atoms with Crippen molar-refractivity contribution in [2.75, 3.05) is 13.6 Å². The molecule has 0 aromatic carbocycles. The van der Waals surface area contributed by atoms with Crippen molar-refractivity contribution in [3.05, 3.63) is 13.2 Å². The molecule has 0 aromatic rings. The second kappa shape index (κ2) is 8.70. The van der Waals surface area contributed by atoms with Gasteiger partial charge in [0.25, 0.3) is 0 Å². The predicted molar refractivity (Wildman–Crippen MR) is 49.2 cm³/mol. The number of hydrogen-bond donors (Lipinski definition) is 1. The molecule has 0 fully saturated rings. The summed E-state index contributed by atoms with van der Waals surface area (Å²) in [6.07, 6.45) is 0. The number of rotatable bonds is 3. The SMILES string of the molecule is C=C.CNCC(C)C(C)C. The van der Waals surface area contributed by atoms with Crippen molar-refractivity contribution in [1.82, 2.24) is 5.32 Å². The van der Waals surface area contributed by atoms with Crippen molar-refractivity contribution in [3.63, 3.8) is 0 Å². The Kier molecular flexibility index (Phi) is 10.8. The summed E-state index contributed by atoms with van der Waals surface area (Å²) in [7, 11) is 2.00. The average molecular weight is 143 g/mol. The van der Waals surface area contributed by atoms with Gasteiger partial charge in [-0.3, -0.25) is 0 Å². The van der Waals surface area contributed by atoms with Crippen molar-refractivity contribution >= 4 is 0 Å². The Labute approximate surface area is 65.5 Å². The first-order valence-corrected chi connectivity index (χ1v) is 3.83. The van der Waals surface area contributed by atoms with Gasteiger partial charge in [0, 0.05) is 0 Å². The lowest BCUT2D eigenvalue weighted by Gasteiger charge is -2.13. The Bertz CT molecular complexity index is 59.7. The molecule has 0 spiro atoms. The Balaban J connectivity index is 0. The van der Waals surface area contributed by atoms with E-state index in [1.54, 1.807) is 0 Å². The lowest BCUT2D eigenvalue weighted by Crippen LogP contribution is -2.20. The van der Waals surface area contributed by atoms with Gasteiger partial charge in [0.1, 0.15) is 0 Å². The fourth-order valence-electron chi connectivity index (χ4n) is 0.558. The molecule has 0 bridgehead atoms. The van der Waals surface area contributed by atoms with E-state index in [0.29, 0.717) is 0 Å². The number of nitrogens with one attached hydrogen (secondary N) is 1. The maximum Gasteiger partial charge on any atom is -0.00237 e. The van der Waals surface area contributed by atoms with E-state index in [-0.39, 0.29) is 0 Å². The van der Waals surface area contributed by atoms with E-state index in [1.165, 1.54) is 0 Å². The first-order valence-electron chi connectivity index (χ1n) is 3.83. The summed E-state index contributed by atoms with van der Waals surface area (Å²) in [6.45, 7) is 13.9. The van der Waals surface area contributed by atoms with Gasteiger partial charge >= 0.3 is 0 Å². The fourth-order valence-corrected chi connectivity index (χ4v) is 0.558. The van der Waals surface area contributed by atoms with Crippen LogP contribution in [-0.4, -0.2) is 13.6 Å². The Hall–Kier alpha value is -0.300. The van der Waals surface area contributed by atoms with Crippen LogP contribution in [0.2, 0.25) is 0 Å². The van der Waals surface area contributed by atoms with Gasteiger partial charge in [0.15, 0.2) is 0 Å². The van der Waals surface area contributed by atoms with Gasteiger partial charge in [0.05, 0.1) is 0 Å². The summed E-state index contributed by atoms with van der Waals surface area (Å²) in [5.41, 5.74) is 0. The molecule has 1 atom stereocenters. The molecular formula is C9H21N. The van der Waals surface area contributed by atoms with Crippen LogP contribution in [-0.2, 0) is 0 Å². The lowest BCUT2D eigenvalue weighted by atomic mass is 9.98. The minimum Gasteiger partial charge on any atom is -0.319 e. The molecule has 0 aliphatic carbocycles. The smallest absolute Gasteiger partial charge is 0.00237 e. The molecule has 1 unspecified atom stereocenters. The van der Waals surface area contributed by atoms with Crippen molar-refractivity contribution in [1.29, 1.82) is 0 Å². The molecule has 0 aromatic heterocycles. The summed E-state index contributed by atoms with van der Waals surface area (Å²) < 4.78 is 0. The predicted octanol–water partition coefficient (Wildman–Crippen LogP) is 2.30. The minimum absolute atomic E-state index is 0.806. The molecule has 1 N–H and O–H groups in total.